The fourth-order valence-corrected chi connectivity index (χ4v) is 2.89. The van der Waals surface area contributed by atoms with Crippen molar-refractivity contribution < 1.29 is 18.4 Å². The number of aliphatic hydroxyl groups is 1. The molecule has 0 aliphatic carbocycles. The first-order valence-corrected chi connectivity index (χ1v) is 7.92. The minimum absolute atomic E-state index is 0.0731. The second-order valence-corrected chi connectivity index (χ2v) is 7.79. The van der Waals surface area contributed by atoms with E-state index in [9.17, 15) is 23.6 Å². The molecule has 1 atom stereocenters. The third kappa shape index (κ3) is 5.78. The molecule has 0 bridgehead atoms. The molecule has 0 aromatic heterocycles. The van der Waals surface area contributed by atoms with Crippen LogP contribution in [0.2, 0.25) is 0 Å². The molecule has 7 nitrogen and oxygen atoms in total. The molecule has 8 heteroatoms. The second kappa shape index (κ2) is 6.50. The zero-order chi connectivity index (χ0) is 16.3. The first-order chi connectivity index (χ1) is 9.51. The highest BCUT2D eigenvalue weighted by molar-refractivity contribution is 7.89. The number of benzene rings is 1. The Hall–Kier alpha value is -1.51. The average Bonchev–Trinajstić information content (AvgIpc) is 2.34. The summed E-state index contributed by atoms with van der Waals surface area (Å²) in [7, 11) is -3.79. The summed E-state index contributed by atoms with van der Waals surface area (Å²) in [4.78, 5) is 9.84. The van der Waals surface area contributed by atoms with Crippen molar-refractivity contribution in [1.82, 2.24) is 4.72 Å². The van der Waals surface area contributed by atoms with Crippen molar-refractivity contribution in [2.45, 2.75) is 38.2 Å². The summed E-state index contributed by atoms with van der Waals surface area (Å²) in [5.41, 5.74) is -0.292. The number of nitrogens with one attached hydrogen (secondary N) is 1. The molecule has 0 fully saturated rings. The van der Waals surface area contributed by atoms with Crippen LogP contribution in [0, 0.1) is 15.5 Å². The quantitative estimate of drug-likeness (QED) is 0.613. The predicted octanol–water partition coefficient (Wildman–Crippen LogP) is 1.67. The van der Waals surface area contributed by atoms with Gasteiger partial charge in [-0.15, -0.1) is 0 Å². The number of non-ortho nitro benzene ring substituents is 1. The van der Waals surface area contributed by atoms with Gasteiger partial charge in [-0.2, -0.15) is 0 Å². The fraction of sp³-hybridized carbons (Fsp3) is 0.538. The Morgan fingerprint density at radius 1 is 1.29 bits per heavy atom. The van der Waals surface area contributed by atoms with Crippen LogP contribution >= 0.6 is 0 Å². The van der Waals surface area contributed by atoms with Crippen LogP contribution in [0.4, 0.5) is 5.69 Å². The molecule has 2 N–H and O–H groups in total. The molecule has 0 spiro atoms. The van der Waals surface area contributed by atoms with E-state index in [0.29, 0.717) is 6.42 Å². The van der Waals surface area contributed by atoms with Crippen LogP contribution in [0.1, 0.15) is 27.2 Å². The van der Waals surface area contributed by atoms with Gasteiger partial charge in [0.15, 0.2) is 0 Å². The zero-order valence-electron chi connectivity index (χ0n) is 12.2. The number of aliphatic hydroxyl groups excluding tert-OH is 1. The van der Waals surface area contributed by atoms with Crippen molar-refractivity contribution in [1.29, 1.82) is 0 Å². The van der Waals surface area contributed by atoms with Crippen molar-refractivity contribution in [2.75, 3.05) is 6.54 Å². The fourth-order valence-electron chi connectivity index (χ4n) is 1.82. The Kier molecular flexibility index (Phi) is 5.43. The maximum atomic E-state index is 12.0. The minimum Gasteiger partial charge on any atom is -0.392 e. The number of nitrogens with zero attached hydrogens (tertiary/aromatic N) is 1. The highest BCUT2D eigenvalue weighted by Gasteiger charge is 2.20. The molecule has 1 rings (SSSR count). The third-order valence-corrected chi connectivity index (χ3v) is 4.15. The molecule has 0 radical (unpaired) electrons. The van der Waals surface area contributed by atoms with Crippen LogP contribution in [-0.4, -0.2) is 31.1 Å². The summed E-state index contributed by atoms with van der Waals surface area (Å²) in [5.74, 6) is 0. The van der Waals surface area contributed by atoms with E-state index in [2.05, 4.69) is 4.72 Å². The topological polar surface area (TPSA) is 110 Å². The normalized spacial score (nSPS) is 13.9. The highest BCUT2D eigenvalue weighted by Crippen LogP contribution is 2.21. The second-order valence-electron chi connectivity index (χ2n) is 6.02. The largest absolute Gasteiger partial charge is 0.392 e. The van der Waals surface area contributed by atoms with E-state index in [1.54, 1.807) is 0 Å². The number of hydrogen-bond donors (Lipinski definition) is 2. The van der Waals surface area contributed by atoms with Gasteiger partial charge in [-0.25, -0.2) is 13.1 Å². The van der Waals surface area contributed by atoms with Gasteiger partial charge in [0.25, 0.3) is 5.69 Å². The van der Waals surface area contributed by atoms with Gasteiger partial charge in [-0.3, -0.25) is 10.1 Å². The summed E-state index contributed by atoms with van der Waals surface area (Å²) in [5, 5.41) is 20.3. The lowest BCUT2D eigenvalue weighted by Crippen LogP contribution is -2.34. The standard InChI is InChI=1S/C13H20N2O5S/c1-13(2,3)8-11(16)9-14-21(19,20)12-6-4-10(5-7-12)15(17)18/h4-7,11,14,16H,8-9H2,1-3H3. The molecule has 1 unspecified atom stereocenters. The number of sulfonamides is 1. The Balaban J connectivity index is 2.71. The third-order valence-electron chi connectivity index (χ3n) is 2.71. The SMILES string of the molecule is CC(C)(C)CC(O)CNS(=O)(=O)c1ccc([N+](=O)[O-])cc1. The van der Waals surface area contributed by atoms with Gasteiger partial charge in [0.1, 0.15) is 0 Å². The first kappa shape index (κ1) is 17.5. The lowest BCUT2D eigenvalue weighted by molar-refractivity contribution is -0.384. The van der Waals surface area contributed by atoms with Crippen LogP contribution in [-0.2, 0) is 10.0 Å². The van der Waals surface area contributed by atoms with Crippen LogP contribution in [0.3, 0.4) is 0 Å². The molecular weight excluding hydrogens is 296 g/mol. The number of nitro benzene ring substituents is 1. The average molecular weight is 316 g/mol. The zero-order valence-corrected chi connectivity index (χ0v) is 13.1. The maximum absolute atomic E-state index is 12.0. The van der Waals surface area contributed by atoms with Gasteiger partial charge in [-0.05, 0) is 24.0 Å². The molecule has 0 aliphatic heterocycles. The van der Waals surface area contributed by atoms with E-state index in [0.717, 1.165) is 24.3 Å². The lowest BCUT2D eigenvalue weighted by atomic mass is 9.89. The monoisotopic (exact) mass is 316 g/mol. The molecule has 0 amide bonds. The summed E-state index contributed by atoms with van der Waals surface area (Å²) in [6, 6.07) is 4.58. The van der Waals surface area contributed by atoms with Gasteiger partial charge in [0.05, 0.1) is 15.9 Å². The minimum atomic E-state index is -3.79. The summed E-state index contributed by atoms with van der Waals surface area (Å²) in [6.07, 6.45) is -0.340. The molecule has 1 aromatic rings. The van der Waals surface area contributed by atoms with Crippen molar-refractivity contribution in [3.05, 3.63) is 34.4 Å². The van der Waals surface area contributed by atoms with Crippen LogP contribution in [0.25, 0.3) is 0 Å². The molecule has 0 heterocycles. The Morgan fingerprint density at radius 3 is 2.24 bits per heavy atom. The molecule has 0 aliphatic rings. The van der Waals surface area contributed by atoms with E-state index in [1.165, 1.54) is 0 Å². The van der Waals surface area contributed by atoms with Crippen LogP contribution in [0.15, 0.2) is 29.2 Å². The molecular formula is C13H20N2O5S. The van der Waals surface area contributed by atoms with Gasteiger partial charge >= 0.3 is 0 Å². The summed E-state index contributed by atoms with van der Waals surface area (Å²) >= 11 is 0. The lowest BCUT2D eigenvalue weighted by Gasteiger charge is -2.22. The predicted molar refractivity (Wildman–Crippen MR) is 78.4 cm³/mol. The van der Waals surface area contributed by atoms with Crippen LogP contribution in [0.5, 0.6) is 0 Å². The van der Waals surface area contributed by atoms with E-state index < -0.39 is 21.1 Å². The van der Waals surface area contributed by atoms with Gasteiger partial charge in [0, 0.05) is 18.7 Å². The van der Waals surface area contributed by atoms with Crippen molar-refractivity contribution in [2.24, 2.45) is 5.41 Å². The highest BCUT2D eigenvalue weighted by atomic mass is 32.2. The first-order valence-electron chi connectivity index (χ1n) is 6.43. The van der Waals surface area contributed by atoms with Gasteiger partial charge < -0.3 is 5.11 Å². The van der Waals surface area contributed by atoms with E-state index in [-0.39, 0.29) is 22.5 Å². The summed E-state index contributed by atoms with van der Waals surface area (Å²) in [6.45, 7) is 5.74. The van der Waals surface area contributed by atoms with E-state index >= 15 is 0 Å². The molecule has 1 aromatic carbocycles. The van der Waals surface area contributed by atoms with Crippen molar-refractivity contribution >= 4 is 15.7 Å². The van der Waals surface area contributed by atoms with E-state index in [1.807, 2.05) is 20.8 Å². The maximum Gasteiger partial charge on any atom is 0.269 e. The van der Waals surface area contributed by atoms with Crippen molar-refractivity contribution in [3.8, 4) is 0 Å². The molecule has 21 heavy (non-hydrogen) atoms. The Labute approximate surface area is 124 Å². The molecule has 0 saturated carbocycles. The molecule has 0 saturated heterocycles. The summed E-state index contributed by atoms with van der Waals surface area (Å²) < 4.78 is 26.3. The van der Waals surface area contributed by atoms with Crippen LogP contribution < -0.4 is 4.72 Å². The Bertz CT molecular complexity index is 590. The van der Waals surface area contributed by atoms with Crippen molar-refractivity contribution in [3.63, 3.8) is 0 Å². The van der Waals surface area contributed by atoms with Gasteiger partial charge in [0.2, 0.25) is 10.0 Å². The number of rotatable bonds is 6. The number of nitro groups is 1. The smallest absolute Gasteiger partial charge is 0.269 e. The Morgan fingerprint density at radius 2 is 1.81 bits per heavy atom. The van der Waals surface area contributed by atoms with E-state index in [4.69, 9.17) is 0 Å². The van der Waals surface area contributed by atoms with Gasteiger partial charge in [-0.1, -0.05) is 20.8 Å². The number of hydrogen-bond acceptors (Lipinski definition) is 5. The molecule has 118 valence electrons.